The molecule has 84 valence electrons. The number of amides is 1. The van der Waals surface area contributed by atoms with E-state index in [0.717, 1.165) is 12.8 Å². The van der Waals surface area contributed by atoms with Crippen molar-refractivity contribution in [1.82, 2.24) is 5.32 Å². The Kier molecular flexibility index (Phi) is 2.81. The van der Waals surface area contributed by atoms with Gasteiger partial charge < -0.3 is 15.5 Å². The Bertz CT molecular complexity index is 432. The maximum absolute atomic E-state index is 11.8. The molecule has 0 unspecified atom stereocenters. The summed E-state index contributed by atoms with van der Waals surface area (Å²) in [5.74, 6) is -0.518. The molecule has 1 aliphatic rings. The van der Waals surface area contributed by atoms with E-state index in [2.05, 4.69) is 5.32 Å². The summed E-state index contributed by atoms with van der Waals surface area (Å²) in [5, 5.41) is 21.5. The smallest absolute Gasteiger partial charge is 0.255 e. The molecule has 1 amide bonds. The molecule has 3 N–H and O–H groups in total. The van der Waals surface area contributed by atoms with Crippen LogP contribution in [0.25, 0.3) is 0 Å². The minimum absolute atomic E-state index is 0.0347. The Morgan fingerprint density at radius 3 is 2.62 bits per heavy atom. The van der Waals surface area contributed by atoms with Crippen LogP contribution in [0.3, 0.4) is 0 Å². The number of carbonyl (C=O) groups excluding carboxylic acids is 1. The van der Waals surface area contributed by atoms with E-state index in [-0.39, 0.29) is 29.0 Å². The van der Waals surface area contributed by atoms with Crippen LogP contribution < -0.4 is 5.32 Å². The van der Waals surface area contributed by atoms with Gasteiger partial charge in [0, 0.05) is 6.04 Å². The van der Waals surface area contributed by atoms with Crippen LogP contribution >= 0.6 is 0 Å². The summed E-state index contributed by atoms with van der Waals surface area (Å²) < 4.78 is 0. The van der Waals surface area contributed by atoms with Crippen LogP contribution in [0.2, 0.25) is 0 Å². The first kappa shape index (κ1) is 10.5. The fourth-order valence-electron chi connectivity index (χ4n) is 1.70. The Balaban J connectivity index is 2.10. The lowest BCUT2D eigenvalue weighted by molar-refractivity contribution is 0.0936. The van der Waals surface area contributed by atoms with Crippen molar-refractivity contribution in [2.75, 3.05) is 0 Å². The Hall–Kier alpha value is -1.97. The van der Waals surface area contributed by atoms with Crippen molar-refractivity contribution in [1.29, 1.82) is 0 Å². The maximum Gasteiger partial charge on any atom is 0.255 e. The van der Waals surface area contributed by atoms with Gasteiger partial charge in [-0.2, -0.15) is 0 Å². The third-order valence-corrected chi connectivity index (χ3v) is 2.57. The monoisotopic (exact) mass is 219 g/mol. The molecule has 1 aromatic carbocycles. The normalized spacial score (nSPS) is 15.2. The second-order valence-electron chi connectivity index (χ2n) is 3.81. The number of nitrogens with one attached hydrogen (secondary N) is 1. The van der Waals surface area contributed by atoms with Gasteiger partial charge in [0.25, 0.3) is 5.91 Å². The van der Waals surface area contributed by atoms with Crippen molar-refractivity contribution in [3.05, 3.63) is 35.9 Å². The molecule has 0 heterocycles. The largest absolute Gasteiger partial charge is 0.508 e. The molecule has 0 aliphatic heterocycles. The molecule has 0 atom stereocenters. The van der Waals surface area contributed by atoms with Gasteiger partial charge in [0.2, 0.25) is 0 Å². The number of aromatic hydroxyl groups is 2. The quantitative estimate of drug-likeness (QED) is 0.522. The highest BCUT2D eigenvalue weighted by atomic mass is 16.3. The SMILES string of the molecule is O=C(NC1CC=CC1)c1cc(O)ccc1O. The minimum Gasteiger partial charge on any atom is -0.508 e. The van der Waals surface area contributed by atoms with E-state index in [1.807, 2.05) is 12.2 Å². The highest BCUT2D eigenvalue weighted by Crippen LogP contribution is 2.22. The summed E-state index contributed by atoms with van der Waals surface area (Å²) in [6.07, 6.45) is 5.64. The van der Waals surface area contributed by atoms with E-state index in [1.54, 1.807) is 0 Å². The van der Waals surface area contributed by atoms with E-state index in [1.165, 1.54) is 18.2 Å². The lowest BCUT2D eigenvalue weighted by Crippen LogP contribution is -2.32. The topological polar surface area (TPSA) is 69.6 Å². The first-order valence-electron chi connectivity index (χ1n) is 5.14. The average Bonchev–Trinajstić information content (AvgIpc) is 2.74. The lowest BCUT2D eigenvalue weighted by atomic mass is 10.1. The highest BCUT2D eigenvalue weighted by Gasteiger charge is 2.17. The molecular formula is C12H13NO3. The third-order valence-electron chi connectivity index (χ3n) is 2.57. The summed E-state index contributed by atoms with van der Waals surface area (Å²) >= 11 is 0. The van der Waals surface area contributed by atoms with Crippen LogP contribution in [0.15, 0.2) is 30.4 Å². The zero-order valence-electron chi connectivity index (χ0n) is 8.68. The molecule has 0 radical (unpaired) electrons. The first-order chi connectivity index (χ1) is 7.66. The summed E-state index contributed by atoms with van der Waals surface area (Å²) in [6, 6.07) is 3.99. The molecule has 0 fully saturated rings. The van der Waals surface area contributed by atoms with E-state index < -0.39 is 0 Å². The van der Waals surface area contributed by atoms with Crippen molar-refractivity contribution in [2.24, 2.45) is 0 Å². The van der Waals surface area contributed by atoms with Crippen LogP contribution in [0.5, 0.6) is 11.5 Å². The van der Waals surface area contributed by atoms with E-state index in [4.69, 9.17) is 0 Å². The lowest BCUT2D eigenvalue weighted by Gasteiger charge is -2.12. The number of hydrogen-bond donors (Lipinski definition) is 3. The fraction of sp³-hybridized carbons (Fsp3) is 0.250. The molecular weight excluding hydrogens is 206 g/mol. The summed E-state index contributed by atoms with van der Waals surface area (Å²) in [4.78, 5) is 11.8. The molecule has 2 rings (SSSR count). The number of benzene rings is 1. The predicted octanol–water partition coefficient (Wildman–Crippen LogP) is 1.55. The van der Waals surface area contributed by atoms with Gasteiger partial charge >= 0.3 is 0 Å². The molecule has 0 bridgehead atoms. The number of phenolic OH excluding ortho intramolecular Hbond substituents is 2. The number of phenols is 2. The Morgan fingerprint density at radius 1 is 1.25 bits per heavy atom. The molecule has 16 heavy (non-hydrogen) atoms. The van der Waals surface area contributed by atoms with Crippen LogP contribution in [0, 0.1) is 0 Å². The van der Waals surface area contributed by atoms with Crippen LogP contribution in [0.1, 0.15) is 23.2 Å². The van der Waals surface area contributed by atoms with Gasteiger partial charge in [0.1, 0.15) is 11.5 Å². The van der Waals surface area contributed by atoms with Crippen molar-refractivity contribution in [3.63, 3.8) is 0 Å². The predicted molar refractivity (Wildman–Crippen MR) is 59.4 cm³/mol. The zero-order chi connectivity index (χ0) is 11.5. The standard InChI is InChI=1S/C12H13NO3/c14-9-5-6-11(15)10(7-9)12(16)13-8-3-1-2-4-8/h1-2,5-8,14-15H,3-4H2,(H,13,16). The van der Waals surface area contributed by atoms with Gasteiger partial charge in [-0.15, -0.1) is 0 Å². The van der Waals surface area contributed by atoms with Crippen LogP contribution in [-0.4, -0.2) is 22.2 Å². The highest BCUT2D eigenvalue weighted by molar-refractivity contribution is 5.97. The molecule has 0 saturated carbocycles. The molecule has 1 aliphatic carbocycles. The van der Waals surface area contributed by atoms with Gasteiger partial charge in [-0.3, -0.25) is 4.79 Å². The van der Waals surface area contributed by atoms with Crippen molar-refractivity contribution in [2.45, 2.75) is 18.9 Å². The van der Waals surface area contributed by atoms with Crippen molar-refractivity contribution < 1.29 is 15.0 Å². The summed E-state index contributed by atoms with van der Waals surface area (Å²) in [7, 11) is 0. The Labute approximate surface area is 93.2 Å². The second kappa shape index (κ2) is 4.26. The van der Waals surface area contributed by atoms with Crippen LogP contribution in [0.4, 0.5) is 0 Å². The molecule has 4 nitrogen and oxygen atoms in total. The van der Waals surface area contributed by atoms with Crippen molar-refractivity contribution >= 4 is 5.91 Å². The summed E-state index contributed by atoms with van der Waals surface area (Å²) in [5.41, 5.74) is 0.104. The van der Waals surface area contributed by atoms with Gasteiger partial charge in [-0.25, -0.2) is 0 Å². The minimum atomic E-state index is -0.359. The maximum atomic E-state index is 11.8. The number of rotatable bonds is 2. The fourth-order valence-corrected chi connectivity index (χ4v) is 1.70. The number of carbonyl (C=O) groups is 1. The van der Waals surface area contributed by atoms with E-state index in [9.17, 15) is 15.0 Å². The zero-order valence-corrected chi connectivity index (χ0v) is 8.68. The van der Waals surface area contributed by atoms with E-state index in [0.29, 0.717) is 0 Å². The van der Waals surface area contributed by atoms with Gasteiger partial charge in [-0.05, 0) is 31.0 Å². The second-order valence-corrected chi connectivity index (χ2v) is 3.81. The molecule has 0 aromatic heterocycles. The third kappa shape index (κ3) is 2.16. The van der Waals surface area contributed by atoms with Crippen molar-refractivity contribution in [3.8, 4) is 11.5 Å². The van der Waals surface area contributed by atoms with Crippen LogP contribution in [-0.2, 0) is 0 Å². The number of hydrogen-bond acceptors (Lipinski definition) is 3. The van der Waals surface area contributed by atoms with E-state index >= 15 is 0 Å². The van der Waals surface area contributed by atoms with Gasteiger partial charge in [0.05, 0.1) is 5.56 Å². The molecule has 1 aromatic rings. The van der Waals surface area contributed by atoms with Gasteiger partial charge in [-0.1, -0.05) is 12.2 Å². The molecule has 0 saturated heterocycles. The molecule has 0 spiro atoms. The average molecular weight is 219 g/mol. The van der Waals surface area contributed by atoms with Gasteiger partial charge in [0.15, 0.2) is 0 Å². The molecule has 4 heteroatoms. The summed E-state index contributed by atoms with van der Waals surface area (Å²) in [6.45, 7) is 0. The Morgan fingerprint density at radius 2 is 1.94 bits per heavy atom. The first-order valence-corrected chi connectivity index (χ1v) is 5.14.